The number of ether oxygens (including phenoxy) is 1. The smallest absolute Gasteiger partial charge is 0.133 e. The molecule has 16 heavy (non-hydrogen) atoms. The summed E-state index contributed by atoms with van der Waals surface area (Å²) in [5.41, 5.74) is 1.12. The van der Waals surface area contributed by atoms with E-state index >= 15 is 0 Å². The van der Waals surface area contributed by atoms with E-state index in [1.807, 2.05) is 43.9 Å². The molecule has 0 bridgehead atoms. The van der Waals surface area contributed by atoms with Crippen molar-refractivity contribution < 1.29 is 4.74 Å². The maximum absolute atomic E-state index is 6.00. The summed E-state index contributed by atoms with van der Waals surface area (Å²) < 4.78 is 6.00. The summed E-state index contributed by atoms with van der Waals surface area (Å²) in [6, 6.07) is 8.41. The third kappa shape index (κ3) is 2.25. The number of thioether (sulfide) groups is 1. The second-order valence-corrected chi connectivity index (χ2v) is 5.09. The average molecular weight is 235 g/mol. The van der Waals surface area contributed by atoms with Crippen molar-refractivity contribution in [1.82, 2.24) is 5.32 Å². The number of likely N-dealkylation sites (N-methyl/N-ethyl adjacent to an activating group) is 1. The van der Waals surface area contributed by atoms with Crippen molar-refractivity contribution in [3.05, 3.63) is 36.4 Å². The molecule has 0 aliphatic carbocycles. The SMILES string of the molecule is C=C(C)C(NC)C1CSc2ccccc2O1. The molecule has 1 N–H and O–H groups in total. The molecule has 1 aliphatic rings. The second-order valence-electron chi connectivity index (χ2n) is 4.03. The standard InChI is InChI=1S/C13H17NOS/c1-9(2)13(14-3)11-8-16-12-7-5-4-6-10(12)15-11/h4-7,11,13-14H,1,8H2,2-3H3. The van der Waals surface area contributed by atoms with Gasteiger partial charge in [-0.1, -0.05) is 24.3 Å². The van der Waals surface area contributed by atoms with E-state index in [0.29, 0.717) is 0 Å². The Morgan fingerprint density at radius 2 is 2.31 bits per heavy atom. The molecule has 0 aromatic heterocycles. The van der Waals surface area contributed by atoms with Crippen LogP contribution in [-0.4, -0.2) is 24.9 Å². The summed E-state index contributed by atoms with van der Waals surface area (Å²) in [4.78, 5) is 1.23. The predicted molar refractivity (Wildman–Crippen MR) is 69.2 cm³/mol. The van der Waals surface area contributed by atoms with Crippen LogP contribution in [0.2, 0.25) is 0 Å². The van der Waals surface area contributed by atoms with Crippen LogP contribution in [0, 0.1) is 0 Å². The highest BCUT2D eigenvalue weighted by Gasteiger charge is 2.27. The van der Waals surface area contributed by atoms with Crippen molar-refractivity contribution >= 4 is 11.8 Å². The van der Waals surface area contributed by atoms with E-state index in [-0.39, 0.29) is 12.1 Å². The quantitative estimate of drug-likeness (QED) is 0.814. The molecule has 1 aromatic rings. The summed E-state index contributed by atoms with van der Waals surface area (Å²) in [6.45, 7) is 6.04. The molecule has 2 nitrogen and oxygen atoms in total. The van der Waals surface area contributed by atoms with E-state index in [2.05, 4.69) is 18.0 Å². The van der Waals surface area contributed by atoms with E-state index in [9.17, 15) is 0 Å². The van der Waals surface area contributed by atoms with Gasteiger partial charge in [-0.05, 0) is 26.1 Å². The minimum atomic E-state index is 0.169. The van der Waals surface area contributed by atoms with Gasteiger partial charge in [0.15, 0.2) is 0 Å². The summed E-state index contributed by atoms with van der Waals surface area (Å²) in [5, 5.41) is 3.26. The normalized spacial score (nSPS) is 20.8. The van der Waals surface area contributed by atoms with Gasteiger partial charge in [-0.25, -0.2) is 0 Å². The Kier molecular flexibility index (Phi) is 3.56. The van der Waals surface area contributed by atoms with E-state index in [1.165, 1.54) is 4.90 Å². The first kappa shape index (κ1) is 11.6. The fourth-order valence-corrected chi connectivity index (χ4v) is 2.99. The van der Waals surface area contributed by atoms with Crippen LogP contribution in [0.4, 0.5) is 0 Å². The molecule has 1 heterocycles. The highest BCUT2D eigenvalue weighted by atomic mass is 32.2. The minimum Gasteiger partial charge on any atom is -0.486 e. The van der Waals surface area contributed by atoms with Crippen molar-refractivity contribution in [2.45, 2.75) is 24.0 Å². The Hall–Kier alpha value is -0.930. The van der Waals surface area contributed by atoms with E-state index < -0.39 is 0 Å². The van der Waals surface area contributed by atoms with E-state index in [0.717, 1.165) is 17.1 Å². The predicted octanol–water partition coefficient (Wildman–Crippen LogP) is 2.70. The van der Waals surface area contributed by atoms with Crippen LogP contribution < -0.4 is 10.1 Å². The largest absolute Gasteiger partial charge is 0.486 e. The lowest BCUT2D eigenvalue weighted by Gasteiger charge is -2.31. The van der Waals surface area contributed by atoms with Gasteiger partial charge in [-0.3, -0.25) is 0 Å². The molecule has 1 aliphatic heterocycles. The maximum Gasteiger partial charge on any atom is 0.133 e. The van der Waals surface area contributed by atoms with Gasteiger partial charge in [-0.2, -0.15) is 0 Å². The fraction of sp³-hybridized carbons (Fsp3) is 0.385. The Labute approximate surface area is 101 Å². The van der Waals surface area contributed by atoms with Gasteiger partial charge in [0.1, 0.15) is 11.9 Å². The molecule has 2 unspecified atom stereocenters. The van der Waals surface area contributed by atoms with E-state index in [1.54, 1.807) is 0 Å². The van der Waals surface area contributed by atoms with Gasteiger partial charge >= 0.3 is 0 Å². The first-order valence-corrected chi connectivity index (χ1v) is 6.42. The second kappa shape index (κ2) is 4.93. The average Bonchev–Trinajstić information content (AvgIpc) is 2.29. The van der Waals surface area contributed by atoms with Gasteiger partial charge in [0.2, 0.25) is 0 Å². The Balaban J connectivity index is 2.15. The highest BCUT2D eigenvalue weighted by Crippen LogP contribution is 2.36. The molecule has 2 rings (SSSR count). The summed E-state index contributed by atoms with van der Waals surface area (Å²) in [6.07, 6.45) is 0.169. The van der Waals surface area contributed by atoms with Crippen LogP contribution in [0.3, 0.4) is 0 Å². The molecule has 3 heteroatoms. The monoisotopic (exact) mass is 235 g/mol. The number of rotatable bonds is 3. The summed E-state index contributed by atoms with van der Waals surface area (Å²) in [5.74, 6) is 1.96. The summed E-state index contributed by atoms with van der Waals surface area (Å²) >= 11 is 1.85. The number of para-hydroxylation sites is 1. The topological polar surface area (TPSA) is 21.3 Å². The lowest BCUT2D eigenvalue weighted by atomic mass is 10.1. The third-order valence-corrected chi connectivity index (χ3v) is 3.89. The van der Waals surface area contributed by atoms with Crippen molar-refractivity contribution in [2.24, 2.45) is 0 Å². The fourth-order valence-electron chi connectivity index (χ4n) is 1.95. The zero-order valence-corrected chi connectivity index (χ0v) is 10.5. The lowest BCUT2D eigenvalue weighted by Crippen LogP contribution is -2.44. The number of benzene rings is 1. The Bertz CT molecular complexity index is 391. The first-order chi connectivity index (χ1) is 7.72. The molecule has 2 atom stereocenters. The van der Waals surface area contributed by atoms with Crippen LogP contribution in [-0.2, 0) is 0 Å². The zero-order valence-electron chi connectivity index (χ0n) is 9.69. The number of fused-ring (bicyclic) bond motifs is 1. The third-order valence-electron chi connectivity index (χ3n) is 2.74. The summed E-state index contributed by atoms with van der Waals surface area (Å²) in [7, 11) is 1.95. The zero-order chi connectivity index (χ0) is 11.5. The van der Waals surface area contributed by atoms with E-state index in [4.69, 9.17) is 4.74 Å². The van der Waals surface area contributed by atoms with Gasteiger partial charge in [-0.15, -0.1) is 11.8 Å². The van der Waals surface area contributed by atoms with Gasteiger partial charge < -0.3 is 10.1 Å². The van der Waals surface area contributed by atoms with Crippen LogP contribution in [0.15, 0.2) is 41.3 Å². The molecule has 0 amide bonds. The molecular formula is C13H17NOS. The lowest BCUT2D eigenvalue weighted by molar-refractivity contribution is 0.184. The Morgan fingerprint density at radius 3 is 3.00 bits per heavy atom. The van der Waals surface area contributed by atoms with Crippen molar-refractivity contribution in [2.75, 3.05) is 12.8 Å². The highest BCUT2D eigenvalue weighted by molar-refractivity contribution is 7.99. The van der Waals surface area contributed by atoms with Crippen LogP contribution in [0.5, 0.6) is 5.75 Å². The van der Waals surface area contributed by atoms with Gasteiger partial charge in [0.05, 0.1) is 6.04 Å². The Morgan fingerprint density at radius 1 is 1.56 bits per heavy atom. The van der Waals surface area contributed by atoms with Crippen LogP contribution in [0.1, 0.15) is 6.92 Å². The molecule has 0 radical (unpaired) electrons. The minimum absolute atomic E-state index is 0.169. The molecule has 0 saturated carbocycles. The number of hydrogen-bond acceptors (Lipinski definition) is 3. The molecule has 0 fully saturated rings. The first-order valence-electron chi connectivity index (χ1n) is 5.43. The van der Waals surface area contributed by atoms with Crippen LogP contribution in [0.25, 0.3) is 0 Å². The number of nitrogens with one attached hydrogen (secondary N) is 1. The van der Waals surface area contributed by atoms with Crippen molar-refractivity contribution in [3.8, 4) is 5.75 Å². The molecule has 1 aromatic carbocycles. The molecular weight excluding hydrogens is 218 g/mol. The van der Waals surface area contributed by atoms with Crippen molar-refractivity contribution in [1.29, 1.82) is 0 Å². The van der Waals surface area contributed by atoms with Crippen molar-refractivity contribution in [3.63, 3.8) is 0 Å². The number of hydrogen-bond donors (Lipinski definition) is 1. The van der Waals surface area contributed by atoms with Gasteiger partial charge in [0, 0.05) is 10.6 Å². The van der Waals surface area contributed by atoms with Crippen LogP contribution >= 0.6 is 11.8 Å². The molecule has 86 valence electrons. The van der Waals surface area contributed by atoms with Gasteiger partial charge in [0.25, 0.3) is 0 Å². The maximum atomic E-state index is 6.00. The molecule has 0 spiro atoms. The molecule has 0 saturated heterocycles.